The van der Waals surface area contributed by atoms with Gasteiger partial charge in [-0.15, -0.1) is 0 Å². The SMILES string of the molecule is COCCN1CCC(NC(=O)C(OC)c2ccccc2)CC1. The Bertz CT molecular complexity index is 444. The van der Waals surface area contributed by atoms with Gasteiger partial charge in [-0.1, -0.05) is 30.3 Å². The molecule has 2 rings (SSSR count). The standard InChI is InChI=1S/C17H26N2O3/c1-21-13-12-19-10-8-15(9-11-19)18-17(20)16(22-2)14-6-4-3-5-7-14/h3-7,15-16H,8-13H2,1-2H3,(H,18,20). The molecule has 0 aromatic heterocycles. The summed E-state index contributed by atoms with van der Waals surface area (Å²) in [5, 5.41) is 3.12. The number of nitrogens with one attached hydrogen (secondary N) is 1. The van der Waals surface area contributed by atoms with Crippen molar-refractivity contribution >= 4 is 5.91 Å². The normalized spacial score (nSPS) is 18.1. The number of methoxy groups -OCH3 is 2. The highest BCUT2D eigenvalue weighted by Crippen LogP contribution is 2.18. The zero-order chi connectivity index (χ0) is 15.8. The number of hydrogen-bond donors (Lipinski definition) is 1. The van der Waals surface area contributed by atoms with E-state index >= 15 is 0 Å². The Morgan fingerprint density at radius 1 is 1.27 bits per heavy atom. The van der Waals surface area contributed by atoms with Crippen LogP contribution in [0.3, 0.4) is 0 Å². The maximum absolute atomic E-state index is 12.4. The van der Waals surface area contributed by atoms with E-state index in [1.807, 2.05) is 30.3 Å². The van der Waals surface area contributed by atoms with E-state index in [0.717, 1.165) is 44.6 Å². The molecule has 1 N–H and O–H groups in total. The lowest BCUT2D eigenvalue weighted by molar-refractivity contribution is -0.132. The molecule has 1 unspecified atom stereocenters. The molecular formula is C17H26N2O3. The van der Waals surface area contributed by atoms with Crippen LogP contribution in [-0.2, 0) is 14.3 Å². The summed E-state index contributed by atoms with van der Waals surface area (Å²) in [7, 11) is 3.30. The smallest absolute Gasteiger partial charge is 0.253 e. The minimum Gasteiger partial charge on any atom is -0.383 e. The fraction of sp³-hybridized carbons (Fsp3) is 0.588. The third-order valence-electron chi connectivity index (χ3n) is 4.12. The number of nitrogens with zero attached hydrogens (tertiary/aromatic N) is 1. The topological polar surface area (TPSA) is 50.8 Å². The average molecular weight is 306 g/mol. The summed E-state index contributed by atoms with van der Waals surface area (Å²) in [6.07, 6.45) is 1.41. The number of carbonyl (C=O) groups excluding carboxylic acids is 1. The fourth-order valence-corrected chi connectivity index (χ4v) is 2.82. The molecule has 122 valence electrons. The minimum absolute atomic E-state index is 0.0518. The van der Waals surface area contributed by atoms with Crippen molar-refractivity contribution in [3.8, 4) is 0 Å². The lowest BCUT2D eigenvalue weighted by atomic mass is 10.0. The van der Waals surface area contributed by atoms with Crippen molar-refractivity contribution in [3.63, 3.8) is 0 Å². The monoisotopic (exact) mass is 306 g/mol. The number of ether oxygens (including phenoxy) is 2. The summed E-state index contributed by atoms with van der Waals surface area (Å²) >= 11 is 0. The van der Waals surface area contributed by atoms with Gasteiger partial charge in [-0.05, 0) is 18.4 Å². The van der Waals surface area contributed by atoms with Crippen LogP contribution in [0.4, 0.5) is 0 Å². The van der Waals surface area contributed by atoms with E-state index in [1.165, 1.54) is 0 Å². The third-order valence-corrected chi connectivity index (χ3v) is 4.12. The summed E-state index contributed by atoms with van der Waals surface area (Å²) < 4.78 is 10.5. The van der Waals surface area contributed by atoms with Crippen molar-refractivity contribution in [2.45, 2.75) is 25.0 Å². The molecule has 0 bridgehead atoms. The van der Waals surface area contributed by atoms with Crippen molar-refractivity contribution in [2.75, 3.05) is 40.5 Å². The van der Waals surface area contributed by atoms with Crippen molar-refractivity contribution in [1.82, 2.24) is 10.2 Å². The highest BCUT2D eigenvalue weighted by molar-refractivity contribution is 5.82. The number of carbonyl (C=O) groups is 1. The molecule has 0 spiro atoms. The molecule has 1 fully saturated rings. The first-order valence-corrected chi connectivity index (χ1v) is 7.84. The molecule has 22 heavy (non-hydrogen) atoms. The Kier molecular flexibility index (Phi) is 6.83. The van der Waals surface area contributed by atoms with Gasteiger partial charge in [0.25, 0.3) is 5.91 Å². The van der Waals surface area contributed by atoms with E-state index in [2.05, 4.69) is 10.2 Å². The molecule has 1 amide bonds. The Hall–Kier alpha value is -1.43. The Morgan fingerprint density at radius 2 is 1.95 bits per heavy atom. The molecule has 1 heterocycles. The van der Waals surface area contributed by atoms with Gasteiger partial charge >= 0.3 is 0 Å². The maximum atomic E-state index is 12.4. The van der Waals surface area contributed by atoms with Gasteiger partial charge in [0.2, 0.25) is 0 Å². The van der Waals surface area contributed by atoms with E-state index in [4.69, 9.17) is 9.47 Å². The summed E-state index contributed by atoms with van der Waals surface area (Å²) in [4.78, 5) is 14.8. The molecule has 0 radical (unpaired) electrons. The predicted molar refractivity (Wildman–Crippen MR) is 85.7 cm³/mol. The number of rotatable bonds is 7. The van der Waals surface area contributed by atoms with Gasteiger partial charge in [0, 0.05) is 39.9 Å². The van der Waals surface area contributed by atoms with Crippen LogP contribution in [-0.4, -0.2) is 57.3 Å². The second kappa shape index (κ2) is 8.88. The number of hydrogen-bond acceptors (Lipinski definition) is 4. The van der Waals surface area contributed by atoms with Gasteiger partial charge in [-0.25, -0.2) is 0 Å². The molecule has 5 nitrogen and oxygen atoms in total. The molecular weight excluding hydrogens is 280 g/mol. The zero-order valence-electron chi connectivity index (χ0n) is 13.5. The molecule has 0 aliphatic carbocycles. The third kappa shape index (κ3) is 4.80. The molecule has 1 aromatic rings. The van der Waals surface area contributed by atoms with Crippen LogP contribution in [0.15, 0.2) is 30.3 Å². The number of benzene rings is 1. The van der Waals surface area contributed by atoms with Gasteiger partial charge in [-0.3, -0.25) is 4.79 Å². The highest BCUT2D eigenvalue weighted by atomic mass is 16.5. The average Bonchev–Trinajstić information content (AvgIpc) is 2.56. The van der Waals surface area contributed by atoms with Crippen molar-refractivity contribution in [2.24, 2.45) is 0 Å². The molecule has 1 saturated heterocycles. The Balaban J connectivity index is 1.82. The second-order valence-corrected chi connectivity index (χ2v) is 5.64. The van der Waals surface area contributed by atoms with E-state index in [0.29, 0.717) is 0 Å². The fourth-order valence-electron chi connectivity index (χ4n) is 2.82. The van der Waals surface area contributed by atoms with Gasteiger partial charge in [0.15, 0.2) is 6.10 Å². The lowest BCUT2D eigenvalue weighted by Crippen LogP contribution is -2.46. The first-order chi connectivity index (χ1) is 10.7. The molecule has 1 atom stereocenters. The number of amides is 1. The summed E-state index contributed by atoms with van der Waals surface area (Å²) in [5.41, 5.74) is 0.889. The van der Waals surface area contributed by atoms with Crippen LogP contribution in [0.5, 0.6) is 0 Å². The van der Waals surface area contributed by atoms with Gasteiger partial charge in [0.1, 0.15) is 0 Å². The van der Waals surface area contributed by atoms with Gasteiger partial charge in [0.05, 0.1) is 6.61 Å². The quantitative estimate of drug-likeness (QED) is 0.831. The van der Waals surface area contributed by atoms with Crippen LogP contribution < -0.4 is 5.32 Å². The number of likely N-dealkylation sites (tertiary alicyclic amines) is 1. The largest absolute Gasteiger partial charge is 0.383 e. The number of piperidine rings is 1. The summed E-state index contributed by atoms with van der Waals surface area (Å²) in [6.45, 7) is 3.72. The first-order valence-electron chi connectivity index (χ1n) is 7.84. The molecule has 1 aliphatic heterocycles. The van der Waals surface area contributed by atoms with Crippen LogP contribution in [0.1, 0.15) is 24.5 Å². The lowest BCUT2D eigenvalue weighted by Gasteiger charge is -2.32. The Morgan fingerprint density at radius 3 is 2.55 bits per heavy atom. The van der Waals surface area contributed by atoms with E-state index in [-0.39, 0.29) is 11.9 Å². The second-order valence-electron chi connectivity index (χ2n) is 5.64. The first kappa shape index (κ1) is 16.9. The molecule has 1 aliphatic rings. The van der Waals surface area contributed by atoms with Crippen molar-refractivity contribution < 1.29 is 14.3 Å². The van der Waals surface area contributed by atoms with Gasteiger partial charge in [-0.2, -0.15) is 0 Å². The van der Waals surface area contributed by atoms with Crippen LogP contribution in [0.25, 0.3) is 0 Å². The van der Waals surface area contributed by atoms with E-state index in [9.17, 15) is 4.79 Å². The van der Waals surface area contributed by atoms with Gasteiger partial charge < -0.3 is 19.7 Å². The predicted octanol–water partition coefficient (Wildman–Crippen LogP) is 1.60. The molecule has 0 saturated carbocycles. The van der Waals surface area contributed by atoms with Crippen LogP contribution in [0.2, 0.25) is 0 Å². The van der Waals surface area contributed by atoms with E-state index in [1.54, 1.807) is 14.2 Å². The van der Waals surface area contributed by atoms with Crippen LogP contribution >= 0.6 is 0 Å². The summed E-state index contributed by atoms with van der Waals surface area (Å²) in [6, 6.07) is 9.84. The van der Waals surface area contributed by atoms with E-state index < -0.39 is 6.10 Å². The minimum atomic E-state index is -0.535. The molecule has 5 heteroatoms. The molecule has 1 aromatic carbocycles. The van der Waals surface area contributed by atoms with Crippen molar-refractivity contribution in [1.29, 1.82) is 0 Å². The zero-order valence-corrected chi connectivity index (χ0v) is 13.5. The maximum Gasteiger partial charge on any atom is 0.253 e. The highest BCUT2D eigenvalue weighted by Gasteiger charge is 2.25. The van der Waals surface area contributed by atoms with Crippen molar-refractivity contribution in [3.05, 3.63) is 35.9 Å². The van der Waals surface area contributed by atoms with Crippen LogP contribution in [0, 0.1) is 0 Å². The summed E-state index contributed by atoms with van der Waals surface area (Å²) in [5.74, 6) is -0.0518. The Labute approximate surface area is 132 Å².